The molecule has 1 amide bonds. The summed E-state index contributed by atoms with van der Waals surface area (Å²) < 4.78 is 0. The SMILES string of the molecule is CCC(=O)Nc1cccc(Nc2cc(-c3ccccc3)nc(C)n2)c1. The van der Waals surface area contributed by atoms with Crippen LogP contribution in [0.15, 0.2) is 60.7 Å². The molecule has 0 fully saturated rings. The van der Waals surface area contributed by atoms with Gasteiger partial charge >= 0.3 is 0 Å². The van der Waals surface area contributed by atoms with E-state index in [9.17, 15) is 4.79 Å². The van der Waals surface area contributed by atoms with E-state index in [2.05, 4.69) is 20.6 Å². The molecule has 126 valence electrons. The van der Waals surface area contributed by atoms with E-state index < -0.39 is 0 Å². The van der Waals surface area contributed by atoms with Crippen LogP contribution >= 0.6 is 0 Å². The number of nitrogens with one attached hydrogen (secondary N) is 2. The van der Waals surface area contributed by atoms with Crippen molar-refractivity contribution in [3.8, 4) is 11.3 Å². The van der Waals surface area contributed by atoms with Crippen LogP contribution in [-0.4, -0.2) is 15.9 Å². The number of rotatable bonds is 5. The van der Waals surface area contributed by atoms with Gasteiger partial charge in [0.05, 0.1) is 5.69 Å². The number of nitrogens with zero attached hydrogens (tertiary/aromatic N) is 2. The summed E-state index contributed by atoms with van der Waals surface area (Å²) in [5, 5.41) is 6.14. The van der Waals surface area contributed by atoms with Crippen LogP contribution in [0.4, 0.5) is 17.2 Å². The average Bonchev–Trinajstić information content (AvgIpc) is 2.62. The van der Waals surface area contributed by atoms with Crippen LogP contribution in [0.3, 0.4) is 0 Å². The molecule has 2 N–H and O–H groups in total. The Bertz CT molecular complexity index is 878. The van der Waals surface area contributed by atoms with Gasteiger partial charge in [-0.15, -0.1) is 0 Å². The first-order chi connectivity index (χ1) is 12.1. The summed E-state index contributed by atoms with van der Waals surface area (Å²) in [6.45, 7) is 3.70. The number of carbonyl (C=O) groups is 1. The van der Waals surface area contributed by atoms with Crippen molar-refractivity contribution in [3.05, 3.63) is 66.5 Å². The normalized spacial score (nSPS) is 10.3. The zero-order valence-electron chi connectivity index (χ0n) is 14.3. The summed E-state index contributed by atoms with van der Waals surface area (Å²) in [5.41, 5.74) is 3.52. The van der Waals surface area contributed by atoms with Crippen molar-refractivity contribution in [2.75, 3.05) is 10.6 Å². The van der Waals surface area contributed by atoms with Gasteiger partial charge in [-0.1, -0.05) is 43.3 Å². The maximum Gasteiger partial charge on any atom is 0.224 e. The molecular weight excluding hydrogens is 312 g/mol. The monoisotopic (exact) mass is 332 g/mol. The molecule has 2 aromatic carbocycles. The van der Waals surface area contributed by atoms with E-state index in [1.54, 1.807) is 0 Å². The fraction of sp³-hybridized carbons (Fsp3) is 0.150. The van der Waals surface area contributed by atoms with Crippen molar-refractivity contribution >= 4 is 23.1 Å². The number of hydrogen-bond acceptors (Lipinski definition) is 4. The van der Waals surface area contributed by atoms with Crippen LogP contribution in [0.5, 0.6) is 0 Å². The third-order valence-corrected chi connectivity index (χ3v) is 3.65. The van der Waals surface area contributed by atoms with Crippen LogP contribution in [0.1, 0.15) is 19.2 Å². The molecule has 0 aliphatic rings. The second-order valence-electron chi connectivity index (χ2n) is 5.66. The number of hydrogen-bond donors (Lipinski definition) is 2. The zero-order valence-corrected chi connectivity index (χ0v) is 14.3. The molecule has 0 saturated carbocycles. The molecule has 5 heteroatoms. The molecule has 0 aliphatic carbocycles. The molecule has 0 saturated heterocycles. The Morgan fingerprint density at radius 2 is 1.72 bits per heavy atom. The number of aryl methyl sites for hydroxylation is 1. The smallest absolute Gasteiger partial charge is 0.224 e. The lowest BCUT2D eigenvalue weighted by Gasteiger charge is -2.10. The standard InChI is InChI=1S/C20H20N4O/c1-3-20(25)24-17-11-7-10-16(12-17)23-19-13-18(21-14(2)22-19)15-8-5-4-6-9-15/h4-13H,3H2,1-2H3,(H,24,25)(H,21,22,23). The van der Waals surface area contributed by atoms with Crippen molar-refractivity contribution in [2.24, 2.45) is 0 Å². The summed E-state index contributed by atoms with van der Waals surface area (Å²) in [6, 6.07) is 19.5. The minimum Gasteiger partial charge on any atom is -0.340 e. The Hall–Kier alpha value is -3.21. The van der Waals surface area contributed by atoms with Gasteiger partial charge in [0.15, 0.2) is 0 Å². The highest BCUT2D eigenvalue weighted by molar-refractivity contribution is 5.91. The summed E-state index contributed by atoms with van der Waals surface area (Å²) >= 11 is 0. The molecule has 0 bridgehead atoms. The molecule has 3 aromatic rings. The van der Waals surface area contributed by atoms with E-state index >= 15 is 0 Å². The van der Waals surface area contributed by atoms with Gasteiger partial charge in [0.25, 0.3) is 0 Å². The van der Waals surface area contributed by atoms with Crippen LogP contribution in [0.2, 0.25) is 0 Å². The molecule has 0 radical (unpaired) electrons. The third kappa shape index (κ3) is 4.41. The van der Waals surface area contributed by atoms with Crippen LogP contribution < -0.4 is 10.6 Å². The van der Waals surface area contributed by atoms with Crippen molar-refractivity contribution in [1.29, 1.82) is 0 Å². The molecule has 1 heterocycles. The van der Waals surface area contributed by atoms with Gasteiger partial charge < -0.3 is 10.6 Å². The fourth-order valence-electron chi connectivity index (χ4n) is 2.46. The first kappa shape index (κ1) is 16.6. The maximum atomic E-state index is 11.5. The van der Waals surface area contributed by atoms with Crippen molar-refractivity contribution in [3.63, 3.8) is 0 Å². The largest absolute Gasteiger partial charge is 0.340 e. The lowest BCUT2D eigenvalue weighted by molar-refractivity contribution is -0.115. The Morgan fingerprint density at radius 3 is 2.48 bits per heavy atom. The van der Waals surface area contributed by atoms with Gasteiger partial charge in [0, 0.05) is 29.4 Å². The molecule has 5 nitrogen and oxygen atoms in total. The first-order valence-electron chi connectivity index (χ1n) is 8.22. The summed E-state index contributed by atoms with van der Waals surface area (Å²) in [4.78, 5) is 20.5. The summed E-state index contributed by atoms with van der Waals surface area (Å²) in [7, 11) is 0. The van der Waals surface area contributed by atoms with E-state index in [4.69, 9.17) is 0 Å². The highest BCUT2D eigenvalue weighted by atomic mass is 16.1. The highest BCUT2D eigenvalue weighted by Gasteiger charge is 2.06. The quantitative estimate of drug-likeness (QED) is 0.719. The highest BCUT2D eigenvalue weighted by Crippen LogP contribution is 2.23. The molecule has 0 atom stereocenters. The number of benzene rings is 2. The van der Waals surface area contributed by atoms with E-state index in [0.29, 0.717) is 18.1 Å². The van der Waals surface area contributed by atoms with Gasteiger partial charge in [-0.05, 0) is 25.1 Å². The molecule has 25 heavy (non-hydrogen) atoms. The summed E-state index contributed by atoms with van der Waals surface area (Å²) in [5.74, 6) is 1.39. The summed E-state index contributed by atoms with van der Waals surface area (Å²) in [6.07, 6.45) is 0.448. The predicted octanol–water partition coefficient (Wildman–Crippen LogP) is 4.54. The van der Waals surface area contributed by atoms with E-state index in [1.807, 2.05) is 74.5 Å². The van der Waals surface area contributed by atoms with Crippen molar-refractivity contribution < 1.29 is 4.79 Å². The molecule has 0 unspecified atom stereocenters. The van der Waals surface area contributed by atoms with E-state index in [0.717, 1.165) is 22.6 Å². The Balaban J connectivity index is 1.85. The first-order valence-corrected chi connectivity index (χ1v) is 8.22. The average molecular weight is 332 g/mol. The Labute approximate surface area is 147 Å². The van der Waals surface area contributed by atoms with E-state index in [-0.39, 0.29) is 5.91 Å². The minimum atomic E-state index is -0.0126. The lowest BCUT2D eigenvalue weighted by Crippen LogP contribution is -2.09. The number of carbonyl (C=O) groups excluding carboxylic acids is 1. The molecule has 1 aromatic heterocycles. The molecular formula is C20H20N4O. The maximum absolute atomic E-state index is 11.5. The van der Waals surface area contributed by atoms with Gasteiger partial charge in [-0.2, -0.15) is 0 Å². The minimum absolute atomic E-state index is 0.0126. The molecule has 0 aliphatic heterocycles. The molecule has 3 rings (SSSR count). The second-order valence-corrected chi connectivity index (χ2v) is 5.66. The van der Waals surface area contributed by atoms with Crippen molar-refractivity contribution in [2.45, 2.75) is 20.3 Å². The van der Waals surface area contributed by atoms with E-state index in [1.165, 1.54) is 0 Å². The third-order valence-electron chi connectivity index (χ3n) is 3.65. The van der Waals surface area contributed by atoms with Crippen LogP contribution in [-0.2, 0) is 4.79 Å². The number of amides is 1. The lowest BCUT2D eigenvalue weighted by atomic mass is 10.1. The van der Waals surface area contributed by atoms with Gasteiger partial charge in [-0.3, -0.25) is 4.79 Å². The topological polar surface area (TPSA) is 66.9 Å². The van der Waals surface area contributed by atoms with Gasteiger partial charge in [-0.25, -0.2) is 9.97 Å². The Kier molecular flexibility index (Phi) is 5.04. The van der Waals surface area contributed by atoms with Crippen molar-refractivity contribution in [1.82, 2.24) is 9.97 Å². The second kappa shape index (κ2) is 7.57. The van der Waals surface area contributed by atoms with Gasteiger partial charge in [0.1, 0.15) is 11.6 Å². The van der Waals surface area contributed by atoms with Gasteiger partial charge in [0.2, 0.25) is 5.91 Å². The van der Waals surface area contributed by atoms with Crippen LogP contribution in [0, 0.1) is 6.92 Å². The number of aromatic nitrogens is 2. The van der Waals surface area contributed by atoms with Crippen LogP contribution in [0.25, 0.3) is 11.3 Å². The fourth-order valence-corrected chi connectivity index (χ4v) is 2.46. The number of anilines is 3. The molecule has 0 spiro atoms. The zero-order chi connectivity index (χ0) is 17.6. The predicted molar refractivity (Wildman–Crippen MR) is 101 cm³/mol. The Morgan fingerprint density at radius 1 is 0.960 bits per heavy atom.